The summed E-state index contributed by atoms with van der Waals surface area (Å²) in [5.41, 5.74) is 2.12. The molecule has 2 heterocycles. The van der Waals surface area contributed by atoms with Crippen LogP contribution in [0.1, 0.15) is 41.9 Å². The molecule has 0 amide bonds. The van der Waals surface area contributed by atoms with E-state index in [-0.39, 0.29) is 11.8 Å². The average Bonchev–Trinajstić information content (AvgIpc) is 3.18. The van der Waals surface area contributed by atoms with Gasteiger partial charge in [0.05, 0.1) is 22.9 Å². The lowest BCUT2D eigenvalue weighted by Gasteiger charge is -2.32. The molecule has 3 N–H and O–H groups in total. The highest BCUT2D eigenvalue weighted by Gasteiger charge is 2.36. The Kier molecular flexibility index (Phi) is 5.33. The van der Waals surface area contributed by atoms with Crippen molar-refractivity contribution in [3.63, 3.8) is 0 Å². The molecule has 29 heavy (non-hydrogen) atoms. The number of anilines is 2. The molecule has 152 valence electrons. The Morgan fingerprint density at radius 2 is 1.90 bits per heavy atom. The predicted octanol–water partition coefficient (Wildman–Crippen LogP) is 4.22. The Hall–Kier alpha value is -2.42. The number of benzene rings is 1. The number of thiazole rings is 1. The topological polar surface area (TPSA) is 91.2 Å². The molecule has 1 aliphatic carbocycles. The van der Waals surface area contributed by atoms with Crippen LogP contribution in [0.15, 0.2) is 30.6 Å². The van der Waals surface area contributed by atoms with Crippen LogP contribution in [-0.4, -0.2) is 31.3 Å². The van der Waals surface area contributed by atoms with Crippen molar-refractivity contribution >= 4 is 23.0 Å². The minimum absolute atomic E-state index is 0.285. The van der Waals surface area contributed by atoms with Crippen molar-refractivity contribution in [2.45, 2.75) is 51.2 Å². The lowest BCUT2D eigenvalue weighted by atomic mass is 9.84. The highest BCUT2D eigenvalue weighted by atomic mass is 32.1. The molecule has 0 spiro atoms. The van der Waals surface area contributed by atoms with Crippen LogP contribution in [0.4, 0.5) is 16.0 Å². The zero-order valence-corrected chi connectivity index (χ0v) is 17.1. The summed E-state index contributed by atoms with van der Waals surface area (Å²) in [6.45, 7) is 3.58. The lowest BCUT2D eigenvalue weighted by Crippen LogP contribution is -2.33. The van der Waals surface area contributed by atoms with Crippen molar-refractivity contribution in [3.05, 3.63) is 52.7 Å². The van der Waals surface area contributed by atoms with Crippen LogP contribution < -0.4 is 5.32 Å². The molecule has 0 atom stereocenters. The molecule has 3 aromatic rings. The first kappa shape index (κ1) is 19.9. The van der Waals surface area contributed by atoms with Gasteiger partial charge >= 0.3 is 0 Å². The Balaban J connectivity index is 1.59. The molecule has 1 aromatic carbocycles. The highest BCUT2D eigenvalue weighted by molar-refractivity contribution is 7.15. The fraction of sp³-hybridized carbons (Fsp3) is 0.381. The molecule has 0 unspecified atom stereocenters. The number of aliphatic hydroxyl groups is 2. The molecule has 0 aliphatic heterocycles. The van der Waals surface area contributed by atoms with Gasteiger partial charge in [-0.2, -0.15) is 0 Å². The van der Waals surface area contributed by atoms with E-state index < -0.39 is 11.4 Å². The summed E-state index contributed by atoms with van der Waals surface area (Å²) >= 11 is 1.47. The number of halogens is 1. The van der Waals surface area contributed by atoms with Crippen LogP contribution in [0, 0.1) is 19.7 Å². The van der Waals surface area contributed by atoms with Crippen LogP contribution in [-0.2, 0) is 5.60 Å². The van der Waals surface area contributed by atoms with E-state index in [0.717, 1.165) is 27.9 Å². The Bertz CT molecular complexity index is 1030. The maximum Gasteiger partial charge on any atom is 0.227 e. The molecule has 0 radical (unpaired) electrons. The standard InChI is InChI=1S/C21H23FN4O2S/c1-12-7-14(9-15(8-12)26-20-24-10-17(22)13(2)25-20)18-11-23-19(29-18)21(28)5-3-16(27)4-6-21/h7-11,16,27-28H,3-6H2,1-2H3,(H,24,25,26)/t16-,21+. The van der Waals surface area contributed by atoms with E-state index in [2.05, 4.69) is 20.3 Å². The van der Waals surface area contributed by atoms with Gasteiger partial charge in [0.25, 0.3) is 0 Å². The van der Waals surface area contributed by atoms with Gasteiger partial charge in [-0.15, -0.1) is 11.3 Å². The number of nitrogens with zero attached hydrogens (tertiary/aromatic N) is 3. The Morgan fingerprint density at radius 3 is 2.62 bits per heavy atom. The molecule has 0 bridgehead atoms. The first-order valence-corrected chi connectivity index (χ1v) is 10.4. The maximum atomic E-state index is 13.4. The van der Waals surface area contributed by atoms with Gasteiger partial charge in [-0.3, -0.25) is 0 Å². The maximum absolute atomic E-state index is 13.4. The Labute approximate surface area is 172 Å². The number of rotatable bonds is 4. The molecule has 1 saturated carbocycles. The zero-order valence-electron chi connectivity index (χ0n) is 16.3. The van der Waals surface area contributed by atoms with E-state index in [0.29, 0.717) is 36.6 Å². The van der Waals surface area contributed by atoms with Gasteiger partial charge in [0.2, 0.25) is 5.95 Å². The smallest absolute Gasteiger partial charge is 0.227 e. The van der Waals surface area contributed by atoms with E-state index in [1.54, 1.807) is 13.1 Å². The second kappa shape index (κ2) is 7.78. The highest BCUT2D eigenvalue weighted by Crippen LogP contribution is 2.41. The second-order valence-corrected chi connectivity index (χ2v) is 8.66. The lowest BCUT2D eigenvalue weighted by molar-refractivity contribution is -0.0362. The first-order chi connectivity index (χ1) is 13.8. The van der Waals surface area contributed by atoms with Crippen LogP contribution in [0.3, 0.4) is 0 Å². The third-order valence-electron chi connectivity index (χ3n) is 5.22. The predicted molar refractivity (Wildman–Crippen MR) is 111 cm³/mol. The number of aryl methyl sites for hydroxylation is 2. The van der Waals surface area contributed by atoms with Gasteiger partial charge < -0.3 is 15.5 Å². The van der Waals surface area contributed by atoms with E-state index >= 15 is 0 Å². The van der Waals surface area contributed by atoms with Crippen LogP contribution in [0.2, 0.25) is 0 Å². The van der Waals surface area contributed by atoms with Crippen molar-refractivity contribution in [1.82, 2.24) is 15.0 Å². The van der Waals surface area contributed by atoms with Gasteiger partial charge in [0.15, 0.2) is 5.82 Å². The third-order valence-corrected chi connectivity index (χ3v) is 6.46. The molecule has 1 fully saturated rings. The van der Waals surface area contributed by atoms with Crippen molar-refractivity contribution in [1.29, 1.82) is 0 Å². The molecular formula is C21H23FN4O2S. The molecule has 8 heteroatoms. The normalized spacial score (nSPS) is 21.9. The number of hydrogen-bond acceptors (Lipinski definition) is 7. The number of aromatic nitrogens is 3. The van der Waals surface area contributed by atoms with E-state index in [1.165, 1.54) is 11.3 Å². The van der Waals surface area contributed by atoms with Crippen LogP contribution in [0.5, 0.6) is 0 Å². The van der Waals surface area contributed by atoms with Crippen LogP contribution >= 0.6 is 11.3 Å². The van der Waals surface area contributed by atoms with Crippen molar-refractivity contribution in [2.24, 2.45) is 0 Å². The monoisotopic (exact) mass is 414 g/mol. The molecule has 6 nitrogen and oxygen atoms in total. The quantitative estimate of drug-likeness (QED) is 0.592. The van der Waals surface area contributed by atoms with E-state index in [1.807, 2.05) is 25.1 Å². The summed E-state index contributed by atoms with van der Waals surface area (Å²) < 4.78 is 13.4. The summed E-state index contributed by atoms with van der Waals surface area (Å²) in [5.74, 6) is -0.105. The third kappa shape index (κ3) is 4.29. The van der Waals surface area contributed by atoms with Gasteiger partial charge in [-0.1, -0.05) is 6.07 Å². The molecule has 4 rings (SSSR count). The average molecular weight is 415 g/mol. The second-order valence-electron chi connectivity index (χ2n) is 7.63. The number of hydrogen-bond donors (Lipinski definition) is 3. The summed E-state index contributed by atoms with van der Waals surface area (Å²) in [7, 11) is 0. The summed E-state index contributed by atoms with van der Waals surface area (Å²) in [4.78, 5) is 13.5. The van der Waals surface area contributed by atoms with Crippen molar-refractivity contribution in [3.8, 4) is 10.4 Å². The van der Waals surface area contributed by atoms with Gasteiger partial charge in [-0.05, 0) is 62.8 Å². The van der Waals surface area contributed by atoms with Crippen molar-refractivity contribution < 1.29 is 14.6 Å². The summed E-state index contributed by atoms with van der Waals surface area (Å²) in [6, 6.07) is 5.97. The Morgan fingerprint density at radius 1 is 1.14 bits per heavy atom. The van der Waals surface area contributed by atoms with Crippen molar-refractivity contribution in [2.75, 3.05) is 5.32 Å². The molecule has 0 saturated heterocycles. The van der Waals surface area contributed by atoms with E-state index in [9.17, 15) is 14.6 Å². The van der Waals surface area contributed by atoms with Gasteiger partial charge in [0, 0.05) is 11.9 Å². The fourth-order valence-electron chi connectivity index (χ4n) is 3.56. The van der Waals surface area contributed by atoms with Crippen LogP contribution in [0.25, 0.3) is 10.4 Å². The first-order valence-electron chi connectivity index (χ1n) is 9.57. The zero-order chi connectivity index (χ0) is 20.6. The summed E-state index contributed by atoms with van der Waals surface area (Å²) in [6.07, 6.45) is 4.80. The summed E-state index contributed by atoms with van der Waals surface area (Å²) in [5, 5.41) is 24.5. The largest absolute Gasteiger partial charge is 0.393 e. The number of aliphatic hydroxyl groups excluding tert-OH is 1. The SMILES string of the molecule is Cc1cc(Nc2ncc(F)c(C)n2)cc(-c2cnc([C@]3(O)CC[C@@H](O)CC3)s2)c1. The molecule has 2 aromatic heterocycles. The van der Waals surface area contributed by atoms with Gasteiger partial charge in [0.1, 0.15) is 10.6 Å². The van der Waals surface area contributed by atoms with Gasteiger partial charge in [-0.25, -0.2) is 19.3 Å². The molecule has 1 aliphatic rings. The minimum atomic E-state index is -0.966. The fourth-order valence-corrected chi connectivity index (χ4v) is 4.60. The number of nitrogens with one attached hydrogen (secondary N) is 1. The minimum Gasteiger partial charge on any atom is -0.393 e. The molecular weight excluding hydrogens is 391 g/mol. The van der Waals surface area contributed by atoms with E-state index in [4.69, 9.17) is 0 Å².